The molecule has 0 fully saturated rings. The molecule has 1 aliphatic heterocycles. The van der Waals surface area contributed by atoms with Gasteiger partial charge in [0, 0.05) is 25.4 Å². The van der Waals surface area contributed by atoms with Crippen molar-refractivity contribution in [2.24, 2.45) is 0 Å². The van der Waals surface area contributed by atoms with E-state index in [-0.39, 0.29) is 12.3 Å². The highest BCUT2D eigenvalue weighted by molar-refractivity contribution is 5.97. The van der Waals surface area contributed by atoms with Crippen molar-refractivity contribution < 1.29 is 14.7 Å². The highest BCUT2D eigenvalue weighted by Crippen LogP contribution is 2.20. The fourth-order valence-electron chi connectivity index (χ4n) is 3.29. The number of benzene rings is 1. The number of aromatic nitrogens is 4. The number of hydrogen-bond acceptors (Lipinski definition) is 4. The molecule has 8 heteroatoms. The Bertz CT molecular complexity index is 977. The SMILES string of the molecule is O=C(O)CCc1cc2n(n1)CCN(C(=O)c1ccccc1-n1cccn1)C2. The van der Waals surface area contributed by atoms with Crippen LogP contribution in [0, 0.1) is 0 Å². The maximum absolute atomic E-state index is 13.1. The second kappa shape index (κ2) is 7.06. The Balaban J connectivity index is 1.54. The third-order valence-electron chi connectivity index (χ3n) is 4.62. The number of fused-ring (bicyclic) bond motifs is 1. The molecule has 4 rings (SSSR count). The largest absolute Gasteiger partial charge is 0.481 e. The average Bonchev–Trinajstić information content (AvgIpc) is 3.34. The van der Waals surface area contributed by atoms with Gasteiger partial charge in [0.2, 0.25) is 0 Å². The van der Waals surface area contributed by atoms with E-state index in [1.54, 1.807) is 15.8 Å². The van der Waals surface area contributed by atoms with Crippen LogP contribution in [-0.4, -0.2) is 48.0 Å². The summed E-state index contributed by atoms with van der Waals surface area (Å²) < 4.78 is 3.55. The summed E-state index contributed by atoms with van der Waals surface area (Å²) >= 11 is 0. The minimum atomic E-state index is -0.840. The summed E-state index contributed by atoms with van der Waals surface area (Å²) in [5.41, 5.74) is 3.01. The predicted octanol–water partition coefficient (Wildman–Crippen LogP) is 1.74. The first-order valence-electron chi connectivity index (χ1n) is 8.77. The molecule has 8 nitrogen and oxygen atoms in total. The Labute approximate surface area is 155 Å². The van der Waals surface area contributed by atoms with Gasteiger partial charge in [-0.25, -0.2) is 4.68 Å². The molecule has 0 radical (unpaired) electrons. The molecule has 1 amide bonds. The Morgan fingerprint density at radius 1 is 1.15 bits per heavy atom. The molecule has 0 atom stereocenters. The number of para-hydroxylation sites is 1. The van der Waals surface area contributed by atoms with E-state index in [0.717, 1.165) is 17.1 Å². The standard InChI is InChI=1S/C19H19N5O3/c25-18(26)7-6-14-12-15-13-22(10-11-23(15)21-14)19(27)16-4-1-2-5-17(16)24-9-3-8-20-24/h1-5,8-9,12H,6-7,10-11,13H2,(H,25,26). The van der Waals surface area contributed by atoms with Crippen molar-refractivity contribution in [1.29, 1.82) is 0 Å². The number of carboxylic acid groups (broad SMARTS) is 1. The minimum absolute atomic E-state index is 0.0519. The first-order valence-corrected chi connectivity index (χ1v) is 8.77. The maximum Gasteiger partial charge on any atom is 0.303 e. The molecule has 1 aliphatic rings. The zero-order valence-corrected chi connectivity index (χ0v) is 14.7. The van der Waals surface area contributed by atoms with Crippen LogP contribution >= 0.6 is 0 Å². The summed E-state index contributed by atoms with van der Waals surface area (Å²) in [5.74, 6) is -0.895. The van der Waals surface area contributed by atoms with Crippen LogP contribution in [0.25, 0.3) is 5.69 Å². The van der Waals surface area contributed by atoms with Crippen molar-refractivity contribution in [3.63, 3.8) is 0 Å². The summed E-state index contributed by atoms with van der Waals surface area (Å²) in [4.78, 5) is 25.7. The van der Waals surface area contributed by atoms with Crippen molar-refractivity contribution in [3.05, 3.63) is 65.7 Å². The summed E-state index contributed by atoms with van der Waals surface area (Å²) in [7, 11) is 0. The lowest BCUT2D eigenvalue weighted by Crippen LogP contribution is -2.38. The first-order chi connectivity index (χ1) is 13.1. The van der Waals surface area contributed by atoms with Gasteiger partial charge >= 0.3 is 5.97 Å². The van der Waals surface area contributed by atoms with Gasteiger partial charge in [0.1, 0.15) is 0 Å². The van der Waals surface area contributed by atoms with Gasteiger partial charge in [0.25, 0.3) is 5.91 Å². The average molecular weight is 365 g/mol. The summed E-state index contributed by atoms with van der Waals surface area (Å²) in [6, 6.07) is 11.1. The summed E-state index contributed by atoms with van der Waals surface area (Å²) in [6.07, 6.45) is 3.94. The smallest absolute Gasteiger partial charge is 0.303 e. The minimum Gasteiger partial charge on any atom is -0.481 e. The molecule has 0 saturated heterocycles. The number of nitrogens with zero attached hydrogens (tertiary/aromatic N) is 5. The maximum atomic E-state index is 13.1. The lowest BCUT2D eigenvalue weighted by atomic mass is 10.1. The number of aliphatic carboxylic acids is 1. The van der Waals surface area contributed by atoms with Gasteiger partial charge in [-0.15, -0.1) is 0 Å². The molecule has 27 heavy (non-hydrogen) atoms. The number of rotatable bonds is 5. The zero-order chi connectivity index (χ0) is 18.8. The quantitative estimate of drug-likeness (QED) is 0.743. The monoisotopic (exact) mass is 365 g/mol. The zero-order valence-electron chi connectivity index (χ0n) is 14.7. The second-order valence-electron chi connectivity index (χ2n) is 6.44. The molecular weight excluding hydrogens is 346 g/mol. The van der Waals surface area contributed by atoms with Gasteiger partial charge in [0.05, 0.1) is 42.1 Å². The number of hydrogen-bond donors (Lipinski definition) is 1. The van der Waals surface area contributed by atoms with E-state index in [9.17, 15) is 9.59 Å². The van der Waals surface area contributed by atoms with Gasteiger partial charge in [0.15, 0.2) is 0 Å². The van der Waals surface area contributed by atoms with E-state index in [1.807, 2.05) is 47.3 Å². The molecule has 0 unspecified atom stereocenters. The van der Waals surface area contributed by atoms with Crippen LogP contribution < -0.4 is 0 Å². The molecule has 3 aromatic rings. The molecule has 0 spiro atoms. The molecule has 3 heterocycles. The summed E-state index contributed by atoms with van der Waals surface area (Å²) in [5, 5.41) is 17.5. The van der Waals surface area contributed by atoms with Crippen molar-refractivity contribution in [1.82, 2.24) is 24.5 Å². The van der Waals surface area contributed by atoms with E-state index >= 15 is 0 Å². The van der Waals surface area contributed by atoms with E-state index in [1.165, 1.54) is 0 Å². The van der Waals surface area contributed by atoms with Crippen LogP contribution in [0.5, 0.6) is 0 Å². The van der Waals surface area contributed by atoms with Gasteiger partial charge in [-0.1, -0.05) is 12.1 Å². The second-order valence-corrected chi connectivity index (χ2v) is 6.44. The van der Waals surface area contributed by atoms with E-state index in [0.29, 0.717) is 31.6 Å². The molecular formula is C19H19N5O3. The normalized spacial score (nSPS) is 13.4. The highest BCUT2D eigenvalue weighted by Gasteiger charge is 2.25. The molecule has 1 aromatic carbocycles. The Kier molecular flexibility index (Phi) is 4.45. The lowest BCUT2D eigenvalue weighted by Gasteiger charge is -2.28. The van der Waals surface area contributed by atoms with Crippen LogP contribution in [-0.2, 0) is 24.3 Å². The molecule has 138 valence electrons. The topological polar surface area (TPSA) is 93.3 Å². The van der Waals surface area contributed by atoms with Gasteiger partial charge < -0.3 is 10.0 Å². The number of carbonyl (C=O) groups excluding carboxylic acids is 1. The van der Waals surface area contributed by atoms with E-state index < -0.39 is 5.97 Å². The first kappa shape index (κ1) is 17.0. The highest BCUT2D eigenvalue weighted by atomic mass is 16.4. The Hall–Kier alpha value is -3.42. The molecule has 0 aliphatic carbocycles. The molecule has 2 aromatic heterocycles. The summed E-state index contributed by atoms with van der Waals surface area (Å²) in [6.45, 7) is 1.60. The molecule has 0 saturated carbocycles. The number of aryl methyl sites for hydroxylation is 1. The fraction of sp³-hybridized carbons (Fsp3) is 0.263. The Morgan fingerprint density at radius 3 is 2.78 bits per heavy atom. The fourth-order valence-corrected chi connectivity index (χ4v) is 3.29. The van der Waals surface area contributed by atoms with Crippen LogP contribution in [0.3, 0.4) is 0 Å². The van der Waals surface area contributed by atoms with Crippen LogP contribution in [0.15, 0.2) is 48.8 Å². The Morgan fingerprint density at radius 2 is 2.00 bits per heavy atom. The van der Waals surface area contributed by atoms with Crippen molar-refractivity contribution in [2.75, 3.05) is 6.54 Å². The molecule has 1 N–H and O–H groups in total. The van der Waals surface area contributed by atoms with Crippen LogP contribution in [0.1, 0.15) is 28.2 Å². The number of amides is 1. The van der Waals surface area contributed by atoms with Gasteiger partial charge in [-0.3, -0.25) is 14.3 Å². The van der Waals surface area contributed by atoms with Crippen molar-refractivity contribution in [2.45, 2.75) is 25.9 Å². The third kappa shape index (κ3) is 3.46. The van der Waals surface area contributed by atoms with Crippen LogP contribution in [0.2, 0.25) is 0 Å². The lowest BCUT2D eigenvalue weighted by molar-refractivity contribution is -0.136. The van der Waals surface area contributed by atoms with Gasteiger partial charge in [-0.05, 0) is 24.3 Å². The van der Waals surface area contributed by atoms with E-state index in [4.69, 9.17) is 5.11 Å². The van der Waals surface area contributed by atoms with Crippen molar-refractivity contribution in [3.8, 4) is 5.69 Å². The molecule has 0 bridgehead atoms. The van der Waals surface area contributed by atoms with Gasteiger partial charge in [-0.2, -0.15) is 10.2 Å². The van der Waals surface area contributed by atoms with Crippen LogP contribution in [0.4, 0.5) is 0 Å². The number of carbonyl (C=O) groups is 2. The van der Waals surface area contributed by atoms with Crippen molar-refractivity contribution >= 4 is 11.9 Å². The van der Waals surface area contributed by atoms with E-state index in [2.05, 4.69) is 10.2 Å². The number of carboxylic acids is 1. The predicted molar refractivity (Wildman–Crippen MR) is 96.5 cm³/mol. The third-order valence-corrected chi connectivity index (χ3v) is 4.62.